The summed E-state index contributed by atoms with van der Waals surface area (Å²) in [5.41, 5.74) is 4.57. The molecule has 0 aliphatic heterocycles. The smallest absolute Gasteiger partial charge is 0.197 e. The molecule has 0 saturated heterocycles. The van der Waals surface area contributed by atoms with Crippen LogP contribution in [0.15, 0.2) is 78.4 Å². The van der Waals surface area contributed by atoms with E-state index in [1.807, 2.05) is 76.8 Å². The summed E-state index contributed by atoms with van der Waals surface area (Å²) in [6.07, 6.45) is 1.62. The highest BCUT2D eigenvalue weighted by Crippen LogP contribution is 2.36. The Morgan fingerprint density at radius 1 is 0.865 bits per heavy atom. The summed E-state index contributed by atoms with van der Waals surface area (Å²) in [7, 11) is 3.57. The predicted octanol–water partition coefficient (Wildman–Crippen LogP) is 6.81. The standard InChI is InChI=1S/C29H19Cl2N3O3/c1-33-25-13-18(12-22-26(35)20-14-23(30)24(31)15-21(20)27(22)36)34(17-6-4-3-5-7-17)29(25)32-28(33)16-8-10-19(37-2)11-9-16/h3-15H,1-2H3. The topological polar surface area (TPSA) is 66.1 Å². The van der Waals surface area contributed by atoms with Gasteiger partial charge in [0.05, 0.1) is 33.9 Å². The third kappa shape index (κ3) is 3.68. The number of ether oxygens (including phenoxy) is 1. The second-order valence-corrected chi connectivity index (χ2v) is 9.51. The number of aryl methyl sites for hydroxylation is 1. The number of fused-ring (bicyclic) bond motifs is 2. The molecule has 2 aromatic heterocycles. The van der Waals surface area contributed by atoms with Crippen molar-refractivity contribution in [3.8, 4) is 22.8 Å². The van der Waals surface area contributed by atoms with Crippen LogP contribution < -0.4 is 4.74 Å². The van der Waals surface area contributed by atoms with Gasteiger partial charge in [-0.1, -0.05) is 41.4 Å². The van der Waals surface area contributed by atoms with Crippen LogP contribution >= 0.6 is 23.2 Å². The van der Waals surface area contributed by atoms with E-state index in [9.17, 15) is 9.59 Å². The van der Waals surface area contributed by atoms with Gasteiger partial charge in [-0.25, -0.2) is 4.98 Å². The van der Waals surface area contributed by atoms with Crippen LogP contribution in [-0.2, 0) is 7.05 Å². The second kappa shape index (κ2) is 8.76. The van der Waals surface area contributed by atoms with E-state index in [2.05, 4.69) is 0 Å². The molecule has 6 rings (SSSR count). The number of carbonyl (C=O) groups is 2. The summed E-state index contributed by atoms with van der Waals surface area (Å²) < 4.78 is 9.22. The average Bonchev–Trinajstić information content (AvgIpc) is 3.50. The molecule has 0 atom stereocenters. The van der Waals surface area contributed by atoms with Crippen molar-refractivity contribution in [1.82, 2.24) is 14.1 Å². The number of nitrogens with zero attached hydrogens (tertiary/aromatic N) is 3. The van der Waals surface area contributed by atoms with E-state index >= 15 is 0 Å². The highest BCUT2D eigenvalue weighted by atomic mass is 35.5. The monoisotopic (exact) mass is 527 g/mol. The molecule has 0 spiro atoms. The first-order chi connectivity index (χ1) is 17.9. The Hall–Kier alpha value is -4.13. The predicted molar refractivity (Wildman–Crippen MR) is 145 cm³/mol. The molecule has 3 aromatic carbocycles. The molecule has 5 aromatic rings. The number of para-hydroxylation sites is 1. The van der Waals surface area contributed by atoms with Gasteiger partial charge in [0, 0.05) is 29.4 Å². The second-order valence-electron chi connectivity index (χ2n) is 8.70. The Morgan fingerprint density at radius 3 is 2.08 bits per heavy atom. The average molecular weight is 528 g/mol. The molecule has 8 heteroatoms. The van der Waals surface area contributed by atoms with Crippen molar-refractivity contribution >= 4 is 52.0 Å². The molecule has 0 unspecified atom stereocenters. The van der Waals surface area contributed by atoms with Gasteiger partial charge in [0.25, 0.3) is 0 Å². The van der Waals surface area contributed by atoms with E-state index in [0.717, 1.165) is 28.3 Å². The Balaban J connectivity index is 1.54. The van der Waals surface area contributed by atoms with Crippen molar-refractivity contribution < 1.29 is 14.3 Å². The Morgan fingerprint density at radius 2 is 1.49 bits per heavy atom. The quantitative estimate of drug-likeness (QED) is 0.190. The summed E-state index contributed by atoms with van der Waals surface area (Å²) in [4.78, 5) is 31.4. The zero-order valence-corrected chi connectivity index (χ0v) is 21.3. The maximum atomic E-state index is 13.2. The van der Waals surface area contributed by atoms with Gasteiger partial charge < -0.3 is 9.30 Å². The number of rotatable bonds is 4. The van der Waals surface area contributed by atoms with Gasteiger partial charge in [0.2, 0.25) is 0 Å². The molecular weight excluding hydrogens is 509 g/mol. The van der Waals surface area contributed by atoms with E-state index < -0.39 is 0 Å². The number of ketones is 2. The summed E-state index contributed by atoms with van der Waals surface area (Å²) >= 11 is 12.2. The number of aromatic nitrogens is 3. The third-order valence-corrected chi connectivity index (χ3v) is 7.29. The first-order valence-electron chi connectivity index (χ1n) is 11.5. The minimum absolute atomic E-state index is 0.0590. The largest absolute Gasteiger partial charge is 0.497 e. The maximum Gasteiger partial charge on any atom is 0.197 e. The van der Waals surface area contributed by atoms with Crippen LogP contribution in [0.1, 0.15) is 26.4 Å². The number of methoxy groups -OCH3 is 1. The number of hydrogen-bond acceptors (Lipinski definition) is 4. The zero-order valence-electron chi connectivity index (χ0n) is 19.8. The molecule has 0 saturated carbocycles. The van der Waals surface area contributed by atoms with E-state index in [0.29, 0.717) is 11.3 Å². The van der Waals surface area contributed by atoms with Crippen molar-refractivity contribution in [1.29, 1.82) is 0 Å². The first-order valence-corrected chi connectivity index (χ1v) is 12.2. The van der Waals surface area contributed by atoms with Gasteiger partial charge in [0.15, 0.2) is 17.2 Å². The van der Waals surface area contributed by atoms with Crippen molar-refractivity contribution in [2.45, 2.75) is 0 Å². The van der Waals surface area contributed by atoms with Gasteiger partial charge in [-0.3, -0.25) is 14.2 Å². The van der Waals surface area contributed by atoms with E-state index in [4.69, 9.17) is 32.9 Å². The molecule has 6 nitrogen and oxygen atoms in total. The lowest BCUT2D eigenvalue weighted by molar-refractivity contribution is 0.0990. The number of hydrogen-bond donors (Lipinski definition) is 0. The Bertz CT molecular complexity index is 1720. The molecule has 2 heterocycles. The number of Topliss-reactive ketones (excluding diaryl/α,β-unsaturated/α-hetero) is 2. The molecule has 0 N–H and O–H groups in total. The third-order valence-electron chi connectivity index (χ3n) is 6.57. The molecule has 182 valence electrons. The van der Waals surface area contributed by atoms with Crippen LogP contribution in [0, 0.1) is 0 Å². The van der Waals surface area contributed by atoms with E-state index in [1.165, 1.54) is 12.1 Å². The van der Waals surface area contributed by atoms with Crippen molar-refractivity contribution in [3.63, 3.8) is 0 Å². The molecule has 1 aliphatic rings. The normalized spacial score (nSPS) is 12.9. The summed E-state index contributed by atoms with van der Waals surface area (Å²) in [6.45, 7) is 0. The number of allylic oxidation sites excluding steroid dienone is 1. The van der Waals surface area contributed by atoms with Crippen LogP contribution in [0.2, 0.25) is 10.0 Å². The van der Waals surface area contributed by atoms with Crippen LogP contribution in [0.3, 0.4) is 0 Å². The lowest BCUT2D eigenvalue weighted by Crippen LogP contribution is -2.03. The fraction of sp³-hybridized carbons (Fsp3) is 0.0690. The lowest BCUT2D eigenvalue weighted by atomic mass is 10.1. The minimum atomic E-state index is -0.379. The van der Waals surface area contributed by atoms with Crippen molar-refractivity contribution in [2.75, 3.05) is 7.11 Å². The fourth-order valence-corrected chi connectivity index (χ4v) is 5.02. The SMILES string of the molecule is COc1ccc(-c2nc3c(cc(C=C4C(=O)c5cc(Cl)c(Cl)cc5C4=O)n3-c3ccccc3)n2C)cc1. The zero-order chi connectivity index (χ0) is 25.8. The van der Waals surface area contributed by atoms with E-state index in [1.54, 1.807) is 13.2 Å². The van der Waals surface area contributed by atoms with Crippen molar-refractivity contribution in [2.24, 2.45) is 7.05 Å². The van der Waals surface area contributed by atoms with Crippen LogP contribution in [0.5, 0.6) is 5.75 Å². The maximum absolute atomic E-state index is 13.2. The lowest BCUT2D eigenvalue weighted by Gasteiger charge is -2.08. The minimum Gasteiger partial charge on any atom is -0.497 e. The van der Waals surface area contributed by atoms with Gasteiger partial charge >= 0.3 is 0 Å². The highest BCUT2D eigenvalue weighted by molar-refractivity contribution is 6.46. The number of imidazole rings is 1. The first kappa shape index (κ1) is 23.3. The van der Waals surface area contributed by atoms with Gasteiger partial charge in [0.1, 0.15) is 11.6 Å². The Labute approximate surface area is 222 Å². The number of halogens is 2. The van der Waals surface area contributed by atoms with Crippen LogP contribution in [-0.4, -0.2) is 32.8 Å². The van der Waals surface area contributed by atoms with Crippen LogP contribution in [0.25, 0.3) is 34.3 Å². The van der Waals surface area contributed by atoms with Gasteiger partial charge in [-0.15, -0.1) is 0 Å². The number of benzene rings is 3. The molecular formula is C29H19Cl2N3O3. The summed E-state index contributed by atoms with van der Waals surface area (Å²) in [6, 6.07) is 22.2. The highest BCUT2D eigenvalue weighted by Gasteiger charge is 2.34. The van der Waals surface area contributed by atoms with Gasteiger partial charge in [-0.2, -0.15) is 0 Å². The molecule has 1 aliphatic carbocycles. The molecule has 0 bridgehead atoms. The van der Waals surface area contributed by atoms with Gasteiger partial charge in [-0.05, 0) is 60.7 Å². The number of carbonyl (C=O) groups excluding carboxylic acids is 2. The molecule has 0 radical (unpaired) electrons. The van der Waals surface area contributed by atoms with Crippen LogP contribution in [0.4, 0.5) is 0 Å². The molecule has 0 amide bonds. The summed E-state index contributed by atoms with van der Waals surface area (Å²) in [5.74, 6) is 0.784. The summed E-state index contributed by atoms with van der Waals surface area (Å²) in [5, 5.41) is 0.466. The fourth-order valence-electron chi connectivity index (χ4n) is 4.70. The van der Waals surface area contributed by atoms with E-state index in [-0.39, 0.29) is 38.3 Å². The van der Waals surface area contributed by atoms with Crippen molar-refractivity contribution in [3.05, 3.63) is 105 Å². The molecule has 37 heavy (non-hydrogen) atoms. The molecule has 0 fully saturated rings. The Kier molecular flexibility index (Phi) is 5.51.